The van der Waals surface area contributed by atoms with E-state index in [2.05, 4.69) is 45.2 Å². The molecule has 1 amide bonds. The van der Waals surface area contributed by atoms with Crippen LogP contribution in [0.5, 0.6) is 11.5 Å². The van der Waals surface area contributed by atoms with Crippen LogP contribution in [0.4, 0.5) is 4.79 Å². The van der Waals surface area contributed by atoms with Crippen LogP contribution in [-0.4, -0.2) is 32.6 Å². The summed E-state index contributed by atoms with van der Waals surface area (Å²) in [5, 5.41) is 2.85. The maximum Gasteiger partial charge on any atom is 0.407 e. The van der Waals surface area contributed by atoms with Crippen LogP contribution in [0.15, 0.2) is 29.8 Å². The molecule has 0 radical (unpaired) electrons. The van der Waals surface area contributed by atoms with Crippen molar-refractivity contribution in [1.82, 2.24) is 5.32 Å². The minimum atomic E-state index is -0.335. The number of hydrogen-bond acceptors (Lipinski definition) is 5. The van der Waals surface area contributed by atoms with Gasteiger partial charge in [0.05, 0.1) is 12.7 Å². The Bertz CT molecular complexity index is 822. The Hall–Kier alpha value is -2.21. The zero-order valence-corrected chi connectivity index (χ0v) is 18.4. The summed E-state index contributed by atoms with van der Waals surface area (Å²) in [4.78, 5) is 12.2. The van der Waals surface area contributed by atoms with E-state index in [1.165, 1.54) is 5.57 Å². The number of hydrogen-bond donors (Lipinski definition) is 1. The van der Waals surface area contributed by atoms with Gasteiger partial charge in [-0.05, 0) is 42.9 Å². The monoisotopic (exact) mass is 415 g/mol. The first-order chi connectivity index (χ1) is 14.5. The lowest BCUT2D eigenvalue weighted by molar-refractivity contribution is -0.165. The van der Waals surface area contributed by atoms with Gasteiger partial charge < -0.3 is 24.3 Å². The third-order valence-corrected chi connectivity index (χ3v) is 7.25. The highest BCUT2D eigenvalue weighted by Gasteiger charge is 2.54. The highest BCUT2D eigenvalue weighted by atomic mass is 16.7. The molecule has 0 saturated carbocycles. The average Bonchev–Trinajstić information content (AvgIpc) is 3.19. The molecule has 3 unspecified atom stereocenters. The number of unbranched alkanes of at least 4 members (excludes halogenated alkanes) is 1. The molecule has 1 N–H and O–H groups in total. The quantitative estimate of drug-likeness (QED) is 0.532. The molecule has 6 heteroatoms. The van der Waals surface area contributed by atoms with Gasteiger partial charge >= 0.3 is 6.09 Å². The highest BCUT2D eigenvalue weighted by Crippen LogP contribution is 2.56. The molecule has 1 aliphatic carbocycles. The summed E-state index contributed by atoms with van der Waals surface area (Å²) in [6, 6.07) is 6.07. The number of nitrogens with one attached hydrogen (secondary N) is 1. The van der Waals surface area contributed by atoms with Gasteiger partial charge in [-0.15, -0.1) is 0 Å². The van der Waals surface area contributed by atoms with Crippen LogP contribution in [0.25, 0.3) is 0 Å². The van der Waals surface area contributed by atoms with Crippen LogP contribution in [0.2, 0.25) is 0 Å². The number of benzene rings is 1. The Morgan fingerprint density at radius 3 is 2.87 bits per heavy atom. The number of carbonyl (C=O) groups is 1. The van der Waals surface area contributed by atoms with Gasteiger partial charge in [-0.1, -0.05) is 44.9 Å². The number of rotatable bonds is 6. The maximum atomic E-state index is 12.2. The van der Waals surface area contributed by atoms with Crippen LogP contribution >= 0.6 is 0 Å². The van der Waals surface area contributed by atoms with E-state index in [9.17, 15) is 4.79 Å². The van der Waals surface area contributed by atoms with Crippen molar-refractivity contribution in [3.8, 4) is 11.5 Å². The minimum Gasteiger partial charge on any atom is -0.454 e. The third-order valence-electron chi connectivity index (χ3n) is 7.25. The molecule has 1 saturated heterocycles. The molecule has 2 bridgehead atoms. The number of amides is 1. The maximum absolute atomic E-state index is 12.2. The predicted molar refractivity (Wildman–Crippen MR) is 114 cm³/mol. The van der Waals surface area contributed by atoms with Crippen molar-refractivity contribution in [2.45, 2.75) is 46.6 Å². The molecule has 164 valence electrons. The lowest BCUT2D eigenvalue weighted by Gasteiger charge is -2.55. The highest BCUT2D eigenvalue weighted by molar-refractivity contribution is 5.67. The van der Waals surface area contributed by atoms with Crippen LogP contribution in [-0.2, 0) is 9.47 Å². The lowest BCUT2D eigenvalue weighted by Crippen LogP contribution is -2.54. The van der Waals surface area contributed by atoms with Crippen molar-refractivity contribution < 1.29 is 23.7 Å². The summed E-state index contributed by atoms with van der Waals surface area (Å²) in [5.41, 5.74) is 2.21. The van der Waals surface area contributed by atoms with E-state index in [4.69, 9.17) is 18.9 Å². The fraction of sp³-hybridized carbons (Fsp3) is 0.625. The average molecular weight is 416 g/mol. The Kier molecular flexibility index (Phi) is 5.96. The van der Waals surface area contributed by atoms with Crippen molar-refractivity contribution in [1.29, 1.82) is 0 Å². The molecule has 1 aromatic carbocycles. The first-order valence-electron chi connectivity index (χ1n) is 11.1. The standard InChI is InChI=1S/C24H33NO5/c1-5-6-9-25-23(26)28-13-24-12-27-22(21(17(24)4)15(2)10-16(24)3)18-7-8-19-20(11-18)30-14-29-19/h7-8,10-11,16-17,21-22H,5-6,9,12-14H2,1-4H3,(H,25,26)/t16?,17-,21?,22?,24+/m0/s1. The largest absolute Gasteiger partial charge is 0.454 e. The van der Waals surface area contributed by atoms with Crippen LogP contribution in [0.3, 0.4) is 0 Å². The zero-order valence-electron chi connectivity index (χ0n) is 18.4. The van der Waals surface area contributed by atoms with Gasteiger partial charge in [-0.3, -0.25) is 0 Å². The number of ether oxygens (including phenoxy) is 4. The normalized spacial score (nSPS) is 31.8. The molecule has 5 atom stereocenters. The molecule has 2 heterocycles. The summed E-state index contributed by atoms with van der Waals surface area (Å²) in [7, 11) is 0. The Morgan fingerprint density at radius 1 is 1.27 bits per heavy atom. The van der Waals surface area contributed by atoms with E-state index in [0.29, 0.717) is 25.7 Å². The second kappa shape index (κ2) is 8.50. The predicted octanol–water partition coefficient (Wildman–Crippen LogP) is 4.85. The molecule has 1 fully saturated rings. The zero-order chi connectivity index (χ0) is 21.3. The number of allylic oxidation sites excluding steroid dienone is 1. The summed E-state index contributed by atoms with van der Waals surface area (Å²) in [6.07, 6.45) is 3.95. The van der Waals surface area contributed by atoms with Crippen molar-refractivity contribution in [3.05, 3.63) is 35.4 Å². The lowest BCUT2D eigenvalue weighted by atomic mass is 9.56. The minimum absolute atomic E-state index is 0.0512. The van der Waals surface area contributed by atoms with E-state index in [1.807, 2.05) is 12.1 Å². The molecule has 6 nitrogen and oxygen atoms in total. The fourth-order valence-corrected chi connectivity index (χ4v) is 5.27. The first kappa shape index (κ1) is 21.0. The van der Waals surface area contributed by atoms with Crippen LogP contribution < -0.4 is 14.8 Å². The van der Waals surface area contributed by atoms with Crippen molar-refractivity contribution >= 4 is 6.09 Å². The summed E-state index contributed by atoms with van der Waals surface area (Å²) in [5.74, 6) is 2.36. The van der Waals surface area contributed by atoms with E-state index < -0.39 is 0 Å². The molecule has 1 aromatic rings. The van der Waals surface area contributed by atoms with Gasteiger partial charge in [0, 0.05) is 17.9 Å². The van der Waals surface area contributed by atoms with Gasteiger partial charge in [0.15, 0.2) is 11.5 Å². The Balaban J connectivity index is 1.52. The second-order valence-electron chi connectivity index (χ2n) is 8.95. The van der Waals surface area contributed by atoms with Crippen LogP contribution in [0.1, 0.15) is 52.2 Å². The van der Waals surface area contributed by atoms with Gasteiger partial charge in [-0.2, -0.15) is 0 Å². The molecule has 3 aliphatic rings. The van der Waals surface area contributed by atoms with Crippen LogP contribution in [0, 0.1) is 23.2 Å². The summed E-state index contributed by atoms with van der Waals surface area (Å²) >= 11 is 0. The van der Waals surface area contributed by atoms with Gasteiger partial charge in [-0.25, -0.2) is 4.79 Å². The Morgan fingerprint density at radius 2 is 2.07 bits per heavy atom. The van der Waals surface area contributed by atoms with Gasteiger partial charge in [0.25, 0.3) is 0 Å². The second-order valence-corrected chi connectivity index (χ2v) is 8.95. The Labute approximate surface area is 178 Å². The molecule has 30 heavy (non-hydrogen) atoms. The first-order valence-corrected chi connectivity index (χ1v) is 11.1. The summed E-state index contributed by atoms with van der Waals surface area (Å²) < 4.78 is 23.2. The number of alkyl carbamates (subject to hydrolysis) is 1. The molecule has 2 aliphatic heterocycles. The van der Waals surface area contributed by atoms with E-state index in [-0.39, 0.29) is 36.2 Å². The molecule has 0 aromatic heterocycles. The van der Waals surface area contributed by atoms with E-state index in [1.54, 1.807) is 0 Å². The van der Waals surface area contributed by atoms with Crippen molar-refractivity contribution in [2.75, 3.05) is 26.6 Å². The van der Waals surface area contributed by atoms with Crippen molar-refractivity contribution in [3.63, 3.8) is 0 Å². The number of fused-ring (bicyclic) bond motifs is 3. The molecular weight excluding hydrogens is 382 g/mol. The van der Waals surface area contributed by atoms with Crippen molar-refractivity contribution in [2.24, 2.45) is 23.2 Å². The fourth-order valence-electron chi connectivity index (χ4n) is 5.27. The molecular formula is C24H33NO5. The molecule has 0 spiro atoms. The molecule has 4 rings (SSSR count). The van der Waals surface area contributed by atoms with Gasteiger partial charge in [0.2, 0.25) is 6.79 Å². The number of carbonyl (C=O) groups excluding carboxylic acids is 1. The smallest absolute Gasteiger partial charge is 0.407 e. The van der Waals surface area contributed by atoms with Gasteiger partial charge in [0.1, 0.15) is 6.61 Å². The third kappa shape index (κ3) is 3.66. The SMILES string of the molecule is CCCCNC(=O)OC[C@]12COC(c3ccc4c(c3)OCO4)C(C(C)=CC1C)[C@@H]2C. The van der Waals surface area contributed by atoms with E-state index in [0.717, 1.165) is 29.9 Å². The summed E-state index contributed by atoms with van der Waals surface area (Å²) in [6.45, 7) is 10.6. The van der Waals surface area contributed by atoms with E-state index >= 15 is 0 Å². The topological polar surface area (TPSA) is 66.0 Å².